The molecule has 3 aromatic rings. The number of benzene rings is 2. The van der Waals surface area contributed by atoms with E-state index < -0.39 is 18.5 Å². The molecule has 1 aromatic heterocycles. The quantitative estimate of drug-likeness (QED) is 0.574. The van der Waals surface area contributed by atoms with Crippen LogP contribution in [0.1, 0.15) is 10.4 Å². The Morgan fingerprint density at radius 1 is 1.07 bits per heavy atom. The number of nitrogens with zero attached hydrogens (tertiary/aromatic N) is 1. The molecule has 0 atom stereocenters. The molecule has 0 saturated carbocycles. The molecule has 28 heavy (non-hydrogen) atoms. The molecule has 0 aliphatic heterocycles. The molecule has 2 aromatic carbocycles. The van der Waals surface area contributed by atoms with Crippen molar-refractivity contribution in [2.75, 3.05) is 10.6 Å². The molecule has 3 amide bonds. The number of nitrogens with two attached hydrogens (primary N) is 1. The number of carbonyl (C=O) groups excluding carboxylic acids is 2. The number of thiazole rings is 1. The van der Waals surface area contributed by atoms with E-state index in [9.17, 15) is 18.4 Å². The zero-order valence-corrected chi connectivity index (χ0v) is 15.0. The van der Waals surface area contributed by atoms with Crippen molar-refractivity contribution in [1.29, 1.82) is 0 Å². The molecule has 0 saturated heterocycles. The smallest absolute Gasteiger partial charge is 0.387 e. The number of alkyl halides is 2. The Kier molecular flexibility index (Phi) is 5.80. The maximum absolute atomic E-state index is 12.6. The normalized spacial score (nSPS) is 10.5. The molecule has 3 rings (SSSR count). The van der Waals surface area contributed by atoms with Crippen molar-refractivity contribution in [2.45, 2.75) is 6.61 Å². The fourth-order valence-electron chi connectivity index (χ4n) is 2.35. The average Bonchev–Trinajstić information content (AvgIpc) is 3.10. The van der Waals surface area contributed by atoms with Crippen LogP contribution < -0.4 is 21.1 Å². The van der Waals surface area contributed by atoms with Crippen molar-refractivity contribution in [3.05, 3.63) is 59.5 Å². The Balaban J connectivity index is 1.73. The molecule has 144 valence electrons. The third-order valence-corrected chi connectivity index (χ3v) is 4.28. The minimum Gasteiger partial charge on any atom is -0.434 e. The van der Waals surface area contributed by atoms with Crippen LogP contribution in [0.2, 0.25) is 0 Å². The molecule has 1 heterocycles. The highest BCUT2D eigenvalue weighted by atomic mass is 32.1. The lowest BCUT2D eigenvalue weighted by molar-refractivity contribution is -0.0494. The van der Waals surface area contributed by atoms with Gasteiger partial charge in [0.1, 0.15) is 5.75 Å². The molecule has 0 spiro atoms. The van der Waals surface area contributed by atoms with E-state index in [2.05, 4.69) is 20.4 Å². The molecule has 0 unspecified atom stereocenters. The molecule has 7 nitrogen and oxygen atoms in total. The summed E-state index contributed by atoms with van der Waals surface area (Å²) >= 11 is 1.15. The Morgan fingerprint density at radius 2 is 1.79 bits per heavy atom. The number of urea groups is 1. The number of rotatable bonds is 6. The molecule has 0 aliphatic rings. The van der Waals surface area contributed by atoms with Crippen molar-refractivity contribution in [3.8, 4) is 17.0 Å². The lowest BCUT2D eigenvalue weighted by Gasteiger charge is -2.08. The number of halogens is 2. The number of carbonyl (C=O) groups is 2. The van der Waals surface area contributed by atoms with Crippen LogP contribution in [0.4, 0.5) is 24.4 Å². The Morgan fingerprint density at radius 3 is 2.46 bits per heavy atom. The monoisotopic (exact) mass is 404 g/mol. The van der Waals surface area contributed by atoms with E-state index in [0.29, 0.717) is 27.6 Å². The molecular weight excluding hydrogens is 390 g/mol. The van der Waals surface area contributed by atoms with Crippen LogP contribution in [0.25, 0.3) is 11.3 Å². The number of amides is 3. The summed E-state index contributed by atoms with van der Waals surface area (Å²) in [5.74, 6) is -0.415. The van der Waals surface area contributed by atoms with Gasteiger partial charge in [-0.3, -0.25) is 10.1 Å². The second-order valence-electron chi connectivity index (χ2n) is 5.43. The molecule has 0 radical (unpaired) electrons. The van der Waals surface area contributed by atoms with E-state index in [-0.39, 0.29) is 5.75 Å². The van der Waals surface area contributed by atoms with Crippen molar-refractivity contribution in [3.63, 3.8) is 0 Å². The van der Waals surface area contributed by atoms with Gasteiger partial charge < -0.3 is 15.8 Å². The highest BCUT2D eigenvalue weighted by Gasteiger charge is 2.15. The first-order valence-corrected chi connectivity index (χ1v) is 8.78. The SMILES string of the molecule is NC(=O)Nc1ccc(C(=O)Nc2nc(-c3ccccc3OC(F)F)cs2)cc1. The van der Waals surface area contributed by atoms with Gasteiger partial charge in [-0.2, -0.15) is 8.78 Å². The predicted molar refractivity (Wildman–Crippen MR) is 102 cm³/mol. The lowest BCUT2D eigenvalue weighted by Crippen LogP contribution is -2.19. The summed E-state index contributed by atoms with van der Waals surface area (Å²) in [5.41, 5.74) is 6.61. The van der Waals surface area contributed by atoms with Crippen LogP contribution in [0.3, 0.4) is 0 Å². The average molecular weight is 404 g/mol. The fraction of sp³-hybridized carbons (Fsp3) is 0.0556. The van der Waals surface area contributed by atoms with Crippen LogP contribution in [0.15, 0.2) is 53.9 Å². The van der Waals surface area contributed by atoms with Crippen molar-refractivity contribution in [1.82, 2.24) is 4.98 Å². The second-order valence-corrected chi connectivity index (χ2v) is 6.29. The standard InChI is InChI=1S/C18H14F2N4O3S/c19-16(20)27-14-4-2-1-3-12(14)13-9-28-18(23-13)24-15(25)10-5-7-11(8-6-10)22-17(21)26/h1-9,16H,(H3,21,22,26)(H,23,24,25). The lowest BCUT2D eigenvalue weighted by atomic mass is 10.1. The number of nitrogens with one attached hydrogen (secondary N) is 2. The zero-order chi connectivity index (χ0) is 20.1. The number of primary amides is 1. The number of anilines is 2. The van der Waals surface area contributed by atoms with Gasteiger partial charge in [-0.15, -0.1) is 11.3 Å². The van der Waals surface area contributed by atoms with Crippen molar-refractivity contribution >= 4 is 34.1 Å². The summed E-state index contributed by atoms with van der Waals surface area (Å²) in [4.78, 5) is 27.4. The summed E-state index contributed by atoms with van der Waals surface area (Å²) < 4.78 is 29.6. The summed E-state index contributed by atoms with van der Waals surface area (Å²) in [7, 11) is 0. The third kappa shape index (κ3) is 4.80. The maximum atomic E-state index is 12.6. The summed E-state index contributed by atoms with van der Waals surface area (Å²) in [6, 6.07) is 11.7. The van der Waals surface area contributed by atoms with Crippen LogP contribution in [0.5, 0.6) is 5.75 Å². The molecule has 4 N–H and O–H groups in total. The Bertz CT molecular complexity index is 993. The van der Waals surface area contributed by atoms with Crippen LogP contribution in [0, 0.1) is 0 Å². The molecule has 0 fully saturated rings. The number of aromatic nitrogens is 1. The van der Waals surface area contributed by atoms with Gasteiger partial charge in [0, 0.05) is 22.2 Å². The van der Waals surface area contributed by atoms with E-state index in [1.807, 2.05) is 0 Å². The first-order chi connectivity index (χ1) is 13.4. The van der Waals surface area contributed by atoms with Gasteiger partial charge in [0.2, 0.25) is 0 Å². The van der Waals surface area contributed by atoms with E-state index in [0.717, 1.165) is 11.3 Å². The highest BCUT2D eigenvalue weighted by molar-refractivity contribution is 7.14. The first-order valence-electron chi connectivity index (χ1n) is 7.90. The van der Waals surface area contributed by atoms with Gasteiger partial charge in [-0.25, -0.2) is 9.78 Å². The largest absolute Gasteiger partial charge is 0.434 e. The molecule has 10 heteroatoms. The zero-order valence-electron chi connectivity index (χ0n) is 14.2. The predicted octanol–water partition coefficient (Wildman–Crippen LogP) is 4.15. The first kappa shape index (κ1) is 19.2. The molecular formula is C18H14F2N4O3S. The van der Waals surface area contributed by atoms with Gasteiger partial charge in [0.15, 0.2) is 5.13 Å². The van der Waals surface area contributed by atoms with Gasteiger partial charge in [-0.05, 0) is 36.4 Å². The van der Waals surface area contributed by atoms with E-state index in [1.54, 1.807) is 23.6 Å². The molecule has 0 aliphatic carbocycles. The highest BCUT2D eigenvalue weighted by Crippen LogP contribution is 2.33. The third-order valence-electron chi connectivity index (χ3n) is 3.52. The Hall–Kier alpha value is -3.53. The maximum Gasteiger partial charge on any atom is 0.387 e. The Labute approximate surface area is 162 Å². The molecule has 0 bridgehead atoms. The summed E-state index contributed by atoms with van der Waals surface area (Å²) in [6.45, 7) is -2.95. The minimum absolute atomic E-state index is 0.00165. The van der Waals surface area contributed by atoms with Crippen LogP contribution >= 0.6 is 11.3 Å². The minimum atomic E-state index is -2.95. The van der Waals surface area contributed by atoms with Gasteiger partial charge in [-0.1, -0.05) is 12.1 Å². The number of hydrogen-bond acceptors (Lipinski definition) is 5. The van der Waals surface area contributed by atoms with Gasteiger partial charge in [0.25, 0.3) is 5.91 Å². The summed E-state index contributed by atoms with van der Waals surface area (Å²) in [6.07, 6.45) is 0. The number of hydrogen-bond donors (Lipinski definition) is 3. The van der Waals surface area contributed by atoms with Crippen LogP contribution in [-0.4, -0.2) is 23.5 Å². The van der Waals surface area contributed by atoms with Crippen molar-refractivity contribution < 1.29 is 23.1 Å². The fourth-order valence-corrected chi connectivity index (χ4v) is 3.05. The number of ether oxygens (including phenoxy) is 1. The second kappa shape index (κ2) is 8.44. The van der Waals surface area contributed by atoms with Gasteiger partial charge >= 0.3 is 12.6 Å². The topological polar surface area (TPSA) is 106 Å². The summed E-state index contributed by atoms with van der Waals surface area (Å²) in [5, 5.41) is 6.95. The van der Waals surface area contributed by atoms with Crippen LogP contribution in [-0.2, 0) is 0 Å². The van der Waals surface area contributed by atoms with Crippen molar-refractivity contribution in [2.24, 2.45) is 5.73 Å². The van der Waals surface area contributed by atoms with E-state index >= 15 is 0 Å². The van der Waals surface area contributed by atoms with E-state index in [1.165, 1.54) is 30.3 Å². The van der Waals surface area contributed by atoms with E-state index in [4.69, 9.17) is 5.73 Å². The van der Waals surface area contributed by atoms with Gasteiger partial charge in [0.05, 0.1) is 5.69 Å². The number of para-hydroxylation sites is 1.